The Balaban J connectivity index is 0.00000364. The molecule has 2 rings (SSSR count). The van der Waals surface area contributed by atoms with Crippen molar-refractivity contribution >= 4 is 52.9 Å². The number of hydrogen-bond acceptors (Lipinski definition) is 4. The first-order valence-corrected chi connectivity index (χ1v) is 11.0. The Labute approximate surface area is 190 Å². The van der Waals surface area contributed by atoms with Crippen molar-refractivity contribution in [2.75, 3.05) is 39.3 Å². The molecule has 0 aromatic carbocycles. The highest BCUT2D eigenvalue weighted by Crippen LogP contribution is 2.26. The average Bonchev–Trinajstić information content (AvgIpc) is 3.07. The van der Waals surface area contributed by atoms with Gasteiger partial charge in [-0.15, -0.1) is 35.3 Å². The van der Waals surface area contributed by atoms with E-state index in [-0.39, 0.29) is 24.0 Å². The monoisotopic (exact) mass is 528 g/mol. The van der Waals surface area contributed by atoms with Gasteiger partial charge >= 0.3 is 0 Å². The van der Waals surface area contributed by atoms with E-state index in [4.69, 9.17) is 11.6 Å². The number of nitrogens with one attached hydrogen (secondary N) is 2. The van der Waals surface area contributed by atoms with Crippen molar-refractivity contribution < 1.29 is 5.11 Å². The van der Waals surface area contributed by atoms with Gasteiger partial charge in [0.05, 0.1) is 10.9 Å². The lowest BCUT2D eigenvalue weighted by Gasteiger charge is -2.30. The minimum absolute atomic E-state index is 0. The van der Waals surface area contributed by atoms with Crippen LogP contribution in [-0.2, 0) is 0 Å². The van der Waals surface area contributed by atoms with E-state index in [1.165, 1.54) is 50.2 Å². The van der Waals surface area contributed by atoms with Crippen molar-refractivity contribution in [2.24, 2.45) is 10.9 Å². The largest absolute Gasteiger partial charge is 0.386 e. The summed E-state index contributed by atoms with van der Waals surface area (Å²) in [6, 6.07) is 3.66. The van der Waals surface area contributed by atoms with Crippen LogP contribution in [0.5, 0.6) is 0 Å². The van der Waals surface area contributed by atoms with Gasteiger partial charge in [-0.1, -0.05) is 18.5 Å². The Hall–Kier alpha value is -0.0900. The smallest absolute Gasteiger partial charge is 0.191 e. The van der Waals surface area contributed by atoms with Crippen molar-refractivity contribution in [1.82, 2.24) is 15.5 Å². The molecule has 27 heavy (non-hydrogen) atoms. The summed E-state index contributed by atoms with van der Waals surface area (Å²) < 4.78 is 0.691. The molecule has 0 radical (unpaired) electrons. The van der Waals surface area contributed by atoms with Crippen LogP contribution < -0.4 is 10.6 Å². The van der Waals surface area contributed by atoms with Gasteiger partial charge in [0.1, 0.15) is 6.10 Å². The Morgan fingerprint density at radius 3 is 2.70 bits per heavy atom. The quantitative estimate of drug-likeness (QED) is 0.195. The van der Waals surface area contributed by atoms with Crippen LogP contribution in [0, 0.1) is 5.92 Å². The maximum absolute atomic E-state index is 10.2. The first kappa shape index (κ1) is 24.9. The number of halogens is 2. The lowest BCUT2D eigenvalue weighted by Crippen LogP contribution is -2.38. The summed E-state index contributed by atoms with van der Waals surface area (Å²) in [7, 11) is 0. The van der Waals surface area contributed by atoms with Crippen molar-refractivity contribution in [3.8, 4) is 0 Å². The van der Waals surface area contributed by atoms with Crippen LogP contribution in [0.2, 0.25) is 4.34 Å². The van der Waals surface area contributed by atoms with Crippen LogP contribution in [0.25, 0.3) is 0 Å². The summed E-state index contributed by atoms with van der Waals surface area (Å²) in [5.41, 5.74) is 0. The molecule has 0 bridgehead atoms. The third kappa shape index (κ3) is 9.78. The number of hydrogen-bond donors (Lipinski definition) is 3. The van der Waals surface area contributed by atoms with Gasteiger partial charge in [-0.2, -0.15) is 0 Å². The zero-order valence-electron chi connectivity index (χ0n) is 16.4. The third-order valence-corrected chi connectivity index (χ3v) is 6.09. The molecule has 3 N–H and O–H groups in total. The molecule has 156 valence electrons. The number of rotatable bonds is 9. The second-order valence-electron chi connectivity index (χ2n) is 7.04. The third-order valence-electron chi connectivity index (χ3n) is 4.76. The second kappa shape index (κ2) is 14.0. The van der Waals surface area contributed by atoms with E-state index in [1.807, 2.05) is 13.0 Å². The Bertz CT molecular complexity index is 550. The molecule has 5 nitrogen and oxygen atoms in total. The van der Waals surface area contributed by atoms with Crippen LogP contribution in [0.1, 0.15) is 50.5 Å². The molecule has 1 aliphatic rings. The number of aliphatic hydroxyl groups is 1. The summed E-state index contributed by atoms with van der Waals surface area (Å²) >= 11 is 7.32. The molecule has 8 heteroatoms. The summed E-state index contributed by atoms with van der Waals surface area (Å²) in [6.07, 6.45) is 4.40. The first-order valence-electron chi connectivity index (χ1n) is 9.76. The standard InChI is InChI=1S/C19H33ClN4OS.HI/c1-3-21-19(23-14-16(25)17-6-7-18(20)26-17)22-10-4-5-11-24-12-8-15(2)9-13-24;/h6-7,15-16,25H,3-5,8-14H2,1-2H3,(H2,21,22,23);1H. The summed E-state index contributed by atoms with van der Waals surface area (Å²) in [4.78, 5) is 7.93. The fraction of sp³-hybridized carbons (Fsp3) is 0.737. The van der Waals surface area contributed by atoms with E-state index < -0.39 is 6.10 Å². The van der Waals surface area contributed by atoms with Crippen molar-refractivity contribution in [2.45, 2.75) is 45.6 Å². The topological polar surface area (TPSA) is 59.9 Å². The molecule has 1 aromatic heterocycles. The predicted octanol–water partition coefficient (Wildman–Crippen LogP) is 4.12. The first-order chi connectivity index (χ1) is 12.6. The number of guanidine groups is 1. The number of likely N-dealkylation sites (tertiary alicyclic amines) is 1. The van der Waals surface area contributed by atoms with E-state index >= 15 is 0 Å². The molecular weight excluding hydrogens is 495 g/mol. The molecule has 0 amide bonds. The fourth-order valence-corrected chi connectivity index (χ4v) is 4.11. The number of aliphatic imine (C=N–C) groups is 1. The van der Waals surface area contributed by atoms with Crippen molar-refractivity contribution in [1.29, 1.82) is 0 Å². The van der Waals surface area contributed by atoms with Crippen LogP contribution in [-0.4, -0.2) is 55.2 Å². The highest BCUT2D eigenvalue weighted by molar-refractivity contribution is 14.0. The SMILES string of the molecule is CCNC(=NCC(O)c1ccc(Cl)s1)NCCCCN1CCC(C)CC1.I. The molecule has 1 aromatic rings. The van der Waals surface area contributed by atoms with E-state index in [0.717, 1.165) is 36.3 Å². The average molecular weight is 529 g/mol. The van der Waals surface area contributed by atoms with Gasteiger partial charge in [-0.3, -0.25) is 4.99 Å². The Morgan fingerprint density at radius 1 is 1.33 bits per heavy atom. The molecule has 1 unspecified atom stereocenters. The minimum atomic E-state index is -0.607. The highest BCUT2D eigenvalue weighted by atomic mass is 127. The van der Waals surface area contributed by atoms with Crippen LogP contribution in [0.4, 0.5) is 0 Å². The Kier molecular flexibility index (Phi) is 12.9. The number of nitrogens with zero attached hydrogens (tertiary/aromatic N) is 2. The number of thiophene rings is 1. The molecule has 0 spiro atoms. The lowest BCUT2D eigenvalue weighted by molar-refractivity contribution is 0.189. The molecule has 1 fully saturated rings. The van der Waals surface area contributed by atoms with E-state index in [2.05, 4.69) is 27.4 Å². The van der Waals surface area contributed by atoms with Gasteiger partial charge in [0.15, 0.2) is 5.96 Å². The zero-order chi connectivity index (χ0) is 18.8. The van der Waals surface area contributed by atoms with Crippen molar-refractivity contribution in [3.63, 3.8) is 0 Å². The van der Waals surface area contributed by atoms with E-state index in [9.17, 15) is 5.11 Å². The van der Waals surface area contributed by atoms with Gasteiger partial charge in [0.2, 0.25) is 0 Å². The number of unbranched alkanes of at least 4 members (excludes halogenated alkanes) is 1. The van der Waals surface area contributed by atoms with Gasteiger partial charge in [-0.25, -0.2) is 0 Å². The van der Waals surface area contributed by atoms with Crippen molar-refractivity contribution in [3.05, 3.63) is 21.3 Å². The molecule has 1 atom stereocenters. The second-order valence-corrected chi connectivity index (χ2v) is 8.78. The Morgan fingerprint density at radius 2 is 2.07 bits per heavy atom. The fourth-order valence-electron chi connectivity index (χ4n) is 3.07. The summed E-state index contributed by atoms with van der Waals surface area (Å²) in [5.74, 6) is 1.66. The highest BCUT2D eigenvalue weighted by Gasteiger charge is 2.14. The zero-order valence-corrected chi connectivity index (χ0v) is 20.3. The summed E-state index contributed by atoms with van der Waals surface area (Å²) in [5, 5.41) is 16.8. The van der Waals surface area contributed by atoms with Gasteiger partial charge in [0.25, 0.3) is 0 Å². The molecule has 2 heterocycles. The maximum Gasteiger partial charge on any atom is 0.191 e. The molecule has 0 saturated carbocycles. The van der Waals surface area contributed by atoms with Crippen LogP contribution in [0.15, 0.2) is 17.1 Å². The van der Waals surface area contributed by atoms with Gasteiger partial charge in [0, 0.05) is 18.0 Å². The van der Waals surface area contributed by atoms with Crippen LogP contribution in [0.3, 0.4) is 0 Å². The van der Waals surface area contributed by atoms with E-state index in [1.54, 1.807) is 6.07 Å². The normalized spacial score (nSPS) is 17.4. The molecule has 1 saturated heterocycles. The van der Waals surface area contributed by atoms with Crippen LogP contribution >= 0.6 is 46.9 Å². The van der Waals surface area contributed by atoms with Gasteiger partial charge in [-0.05, 0) is 70.3 Å². The maximum atomic E-state index is 10.2. The number of aliphatic hydroxyl groups excluding tert-OH is 1. The summed E-state index contributed by atoms with van der Waals surface area (Å²) in [6.45, 7) is 10.1. The minimum Gasteiger partial charge on any atom is -0.386 e. The molecule has 1 aliphatic heterocycles. The van der Waals surface area contributed by atoms with Gasteiger partial charge < -0.3 is 20.6 Å². The number of piperidine rings is 1. The molecular formula is C19H34ClIN4OS. The van der Waals surface area contributed by atoms with E-state index in [0.29, 0.717) is 10.9 Å². The lowest BCUT2D eigenvalue weighted by atomic mass is 9.99. The predicted molar refractivity (Wildman–Crippen MR) is 128 cm³/mol. The molecule has 0 aliphatic carbocycles.